The van der Waals surface area contributed by atoms with Gasteiger partial charge in [-0.25, -0.2) is 0 Å². The molecule has 0 aliphatic rings. The van der Waals surface area contributed by atoms with Gasteiger partial charge >= 0.3 is 0 Å². The van der Waals surface area contributed by atoms with Gasteiger partial charge in [-0.15, -0.1) is 0 Å². The van der Waals surface area contributed by atoms with Gasteiger partial charge in [0.25, 0.3) is 5.56 Å². The van der Waals surface area contributed by atoms with Crippen molar-refractivity contribution in [3.05, 3.63) is 106 Å². The number of amidine groups is 1. The van der Waals surface area contributed by atoms with E-state index >= 15 is 0 Å². The first kappa shape index (κ1) is 15.7. The SMILES string of the molecule is NC(=NCc1ccccc1)c1cccn(Cc2ccccc2)c1=O. The molecule has 24 heavy (non-hydrogen) atoms. The van der Waals surface area contributed by atoms with Gasteiger partial charge in [-0.05, 0) is 23.3 Å². The molecule has 0 saturated carbocycles. The zero-order valence-corrected chi connectivity index (χ0v) is 13.3. The van der Waals surface area contributed by atoms with Crippen molar-refractivity contribution in [2.45, 2.75) is 13.1 Å². The topological polar surface area (TPSA) is 60.4 Å². The van der Waals surface area contributed by atoms with Gasteiger partial charge in [-0.1, -0.05) is 60.7 Å². The molecule has 0 radical (unpaired) electrons. The summed E-state index contributed by atoms with van der Waals surface area (Å²) >= 11 is 0. The molecule has 2 N–H and O–H groups in total. The zero-order valence-electron chi connectivity index (χ0n) is 13.3. The highest BCUT2D eigenvalue weighted by atomic mass is 16.1. The molecule has 4 nitrogen and oxygen atoms in total. The maximum absolute atomic E-state index is 12.6. The Bertz CT molecular complexity index is 884. The third kappa shape index (κ3) is 3.79. The molecule has 3 aromatic rings. The van der Waals surface area contributed by atoms with Crippen molar-refractivity contribution in [3.63, 3.8) is 0 Å². The van der Waals surface area contributed by atoms with Crippen molar-refractivity contribution in [1.82, 2.24) is 4.57 Å². The van der Waals surface area contributed by atoms with Gasteiger partial charge in [0.2, 0.25) is 0 Å². The average Bonchev–Trinajstić information content (AvgIpc) is 2.63. The van der Waals surface area contributed by atoms with E-state index in [4.69, 9.17) is 5.73 Å². The van der Waals surface area contributed by atoms with Crippen molar-refractivity contribution >= 4 is 5.84 Å². The van der Waals surface area contributed by atoms with Gasteiger partial charge < -0.3 is 10.3 Å². The number of aromatic nitrogens is 1. The number of nitrogens with zero attached hydrogens (tertiary/aromatic N) is 2. The molecule has 0 spiro atoms. The number of aliphatic imine (C=N–C) groups is 1. The summed E-state index contributed by atoms with van der Waals surface area (Å²) in [5, 5.41) is 0. The quantitative estimate of drug-likeness (QED) is 0.581. The van der Waals surface area contributed by atoms with Gasteiger partial charge in [0, 0.05) is 6.20 Å². The van der Waals surface area contributed by atoms with E-state index < -0.39 is 0 Å². The summed E-state index contributed by atoms with van der Waals surface area (Å²) in [6.07, 6.45) is 1.77. The highest BCUT2D eigenvalue weighted by Crippen LogP contribution is 2.03. The van der Waals surface area contributed by atoms with E-state index in [-0.39, 0.29) is 11.4 Å². The molecule has 120 valence electrons. The van der Waals surface area contributed by atoms with Gasteiger partial charge in [0.1, 0.15) is 5.84 Å². The van der Waals surface area contributed by atoms with Crippen molar-refractivity contribution in [3.8, 4) is 0 Å². The van der Waals surface area contributed by atoms with Crippen LogP contribution in [0, 0.1) is 0 Å². The van der Waals surface area contributed by atoms with E-state index in [2.05, 4.69) is 4.99 Å². The van der Waals surface area contributed by atoms with E-state index in [1.165, 1.54) is 0 Å². The predicted octanol–water partition coefficient (Wildman–Crippen LogP) is 2.80. The van der Waals surface area contributed by atoms with Crippen LogP contribution in [0.1, 0.15) is 16.7 Å². The van der Waals surface area contributed by atoms with Crippen molar-refractivity contribution < 1.29 is 0 Å². The van der Waals surface area contributed by atoms with Crippen molar-refractivity contribution in [2.24, 2.45) is 10.7 Å². The van der Waals surface area contributed by atoms with Crippen LogP contribution >= 0.6 is 0 Å². The molecule has 0 aliphatic carbocycles. The fraction of sp³-hybridized carbons (Fsp3) is 0.100. The fourth-order valence-electron chi connectivity index (χ4n) is 2.48. The lowest BCUT2D eigenvalue weighted by Gasteiger charge is -2.08. The molecule has 0 saturated heterocycles. The molecule has 0 unspecified atom stereocenters. The number of hydrogen-bond donors (Lipinski definition) is 1. The molecule has 0 aliphatic heterocycles. The van der Waals surface area contributed by atoms with Crippen LogP contribution in [-0.2, 0) is 13.1 Å². The van der Waals surface area contributed by atoms with Crippen LogP contribution in [-0.4, -0.2) is 10.4 Å². The number of rotatable bonds is 5. The molecular weight excluding hydrogens is 298 g/mol. The molecule has 4 heteroatoms. The van der Waals surface area contributed by atoms with E-state index in [0.717, 1.165) is 11.1 Å². The largest absolute Gasteiger partial charge is 0.383 e. The minimum Gasteiger partial charge on any atom is -0.383 e. The van der Waals surface area contributed by atoms with Crippen LogP contribution in [0.3, 0.4) is 0 Å². The second-order valence-electron chi connectivity index (χ2n) is 5.53. The standard InChI is InChI=1S/C20H19N3O/c21-19(22-14-16-8-3-1-4-9-16)18-12-7-13-23(20(18)24)15-17-10-5-2-6-11-17/h1-13H,14-15H2,(H2,21,22). The summed E-state index contributed by atoms with van der Waals surface area (Å²) in [5.41, 5.74) is 8.47. The van der Waals surface area contributed by atoms with Crippen molar-refractivity contribution in [1.29, 1.82) is 0 Å². The molecule has 2 aromatic carbocycles. The lowest BCUT2D eigenvalue weighted by molar-refractivity contribution is 0.757. The maximum atomic E-state index is 12.6. The Morgan fingerprint density at radius 3 is 2.17 bits per heavy atom. The third-order valence-corrected chi connectivity index (χ3v) is 3.77. The molecule has 3 rings (SSSR count). The minimum atomic E-state index is -0.129. The predicted molar refractivity (Wildman–Crippen MR) is 97.1 cm³/mol. The Morgan fingerprint density at radius 2 is 1.50 bits per heavy atom. The van der Waals surface area contributed by atoms with Crippen LogP contribution in [0.2, 0.25) is 0 Å². The van der Waals surface area contributed by atoms with Crippen LogP contribution in [0.5, 0.6) is 0 Å². The summed E-state index contributed by atoms with van der Waals surface area (Å²) in [7, 11) is 0. The zero-order chi connectivity index (χ0) is 16.8. The van der Waals surface area contributed by atoms with E-state index in [9.17, 15) is 4.79 Å². The normalized spacial score (nSPS) is 11.4. The summed E-state index contributed by atoms with van der Waals surface area (Å²) in [6, 6.07) is 23.2. The fourth-order valence-corrected chi connectivity index (χ4v) is 2.48. The maximum Gasteiger partial charge on any atom is 0.261 e. The average molecular weight is 317 g/mol. The van der Waals surface area contributed by atoms with Gasteiger partial charge in [-0.2, -0.15) is 0 Å². The first-order valence-electron chi connectivity index (χ1n) is 7.81. The van der Waals surface area contributed by atoms with Crippen LogP contribution in [0.25, 0.3) is 0 Å². The smallest absolute Gasteiger partial charge is 0.261 e. The Labute approximate surface area is 140 Å². The number of hydrogen-bond acceptors (Lipinski definition) is 2. The molecule has 0 fully saturated rings. The summed E-state index contributed by atoms with van der Waals surface area (Å²) < 4.78 is 1.65. The number of benzene rings is 2. The lowest BCUT2D eigenvalue weighted by Crippen LogP contribution is -2.30. The van der Waals surface area contributed by atoms with Gasteiger partial charge in [-0.3, -0.25) is 9.79 Å². The Hall–Kier alpha value is -3.14. The van der Waals surface area contributed by atoms with Crippen LogP contribution < -0.4 is 11.3 Å². The van der Waals surface area contributed by atoms with Gasteiger partial charge in [0.05, 0.1) is 18.7 Å². The molecule has 1 heterocycles. The second-order valence-corrected chi connectivity index (χ2v) is 5.53. The second kappa shape index (κ2) is 7.42. The van der Waals surface area contributed by atoms with Gasteiger partial charge in [0.15, 0.2) is 0 Å². The van der Waals surface area contributed by atoms with Crippen LogP contribution in [0.4, 0.5) is 0 Å². The summed E-state index contributed by atoms with van der Waals surface area (Å²) in [5.74, 6) is 0.270. The highest BCUT2D eigenvalue weighted by Gasteiger charge is 2.07. The third-order valence-electron chi connectivity index (χ3n) is 3.77. The number of pyridine rings is 1. The molecule has 0 atom stereocenters. The van der Waals surface area contributed by atoms with E-state index in [1.54, 1.807) is 16.8 Å². The van der Waals surface area contributed by atoms with Crippen molar-refractivity contribution in [2.75, 3.05) is 0 Å². The highest BCUT2D eigenvalue weighted by molar-refractivity contribution is 5.97. The Kier molecular flexibility index (Phi) is 4.87. The Balaban J connectivity index is 1.83. The van der Waals surface area contributed by atoms with E-state index in [1.807, 2.05) is 66.7 Å². The lowest BCUT2D eigenvalue weighted by atomic mass is 10.2. The Morgan fingerprint density at radius 1 is 0.875 bits per heavy atom. The van der Waals surface area contributed by atoms with Crippen LogP contribution in [0.15, 0.2) is 88.8 Å². The molecule has 1 aromatic heterocycles. The monoisotopic (exact) mass is 317 g/mol. The molecule has 0 amide bonds. The summed E-state index contributed by atoms with van der Waals surface area (Å²) in [4.78, 5) is 17.0. The summed E-state index contributed by atoms with van der Waals surface area (Å²) in [6.45, 7) is 0.971. The van der Waals surface area contributed by atoms with E-state index in [0.29, 0.717) is 18.7 Å². The first-order chi connectivity index (χ1) is 11.7. The molecule has 0 bridgehead atoms. The minimum absolute atomic E-state index is 0.129. The first-order valence-corrected chi connectivity index (χ1v) is 7.81. The number of nitrogens with two attached hydrogens (primary N) is 1. The molecular formula is C20H19N3O.